The van der Waals surface area contributed by atoms with E-state index in [1.807, 2.05) is 0 Å². The van der Waals surface area contributed by atoms with Crippen LogP contribution in [0.5, 0.6) is 0 Å². The van der Waals surface area contributed by atoms with Crippen molar-refractivity contribution in [3.63, 3.8) is 0 Å². The maximum absolute atomic E-state index is 11.2. The van der Waals surface area contributed by atoms with Crippen LogP contribution in [0.15, 0.2) is 23.1 Å². The van der Waals surface area contributed by atoms with Crippen LogP contribution in [0.1, 0.15) is 6.92 Å². The topological polar surface area (TPSA) is 38.3 Å². The number of nitrogens with one attached hydrogen (secondary N) is 1. The number of amides is 1. The van der Waals surface area contributed by atoms with Crippen molar-refractivity contribution in [3.05, 3.63) is 28.2 Å². The maximum atomic E-state index is 11.2. The normalized spacial score (nSPS) is 10.2. The van der Waals surface area contributed by atoms with Crippen LogP contribution in [0.3, 0.4) is 0 Å². The van der Waals surface area contributed by atoms with Crippen LogP contribution >= 0.6 is 35.0 Å². The zero-order valence-corrected chi connectivity index (χ0v) is 11.0. The molecule has 1 aromatic carbocycles. The number of hydrogen-bond acceptors (Lipinski definition) is 3. The summed E-state index contributed by atoms with van der Waals surface area (Å²) in [5.41, 5.74) is 2.30. The molecule has 0 unspecified atom stereocenters. The Bertz CT molecular complexity index is 374. The number of rotatable bonds is 5. The number of benzene rings is 1. The van der Waals surface area contributed by atoms with Crippen LogP contribution < -0.4 is 5.48 Å². The van der Waals surface area contributed by atoms with Crippen LogP contribution in [0, 0.1) is 0 Å². The van der Waals surface area contributed by atoms with Crippen LogP contribution in [0.2, 0.25) is 10.0 Å². The van der Waals surface area contributed by atoms with E-state index in [4.69, 9.17) is 28.0 Å². The van der Waals surface area contributed by atoms with Gasteiger partial charge in [-0.05, 0) is 25.1 Å². The van der Waals surface area contributed by atoms with Crippen molar-refractivity contribution >= 4 is 40.9 Å². The molecule has 0 radical (unpaired) electrons. The summed E-state index contributed by atoms with van der Waals surface area (Å²) in [6, 6.07) is 5.13. The van der Waals surface area contributed by atoms with Gasteiger partial charge in [0.2, 0.25) is 0 Å². The molecule has 1 aromatic rings. The lowest BCUT2D eigenvalue weighted by Gasteiger charge is -2.05. The SMILES string of the molecule is CCONC(=O)CSc1cc(Cl)ccc1Cl. The van der Waals surface area contributed by atoms with Crippen LogP contribution in [-0.2, 0) is 9.63 Å². The van der Waals surface area contributed by atoms with Gasteiger partial charge in [-0.2, -0.15) is 0 Å². The van der Waals surface area contributed by atoms with Gasteiger partial charge in [-0.25, -0.2) is 5.48 Å². The average molecular weight is 280 g/mol. The molecule has 0 aliphatic heterocycles. The molecule has 0 atom stereocenters. The second kappa shape index (κ2) is 7.01. The first kappa shape index (κ1) is 13.6. The number of hydroxylamine groups is 1. The standard InChI is InChI=1S/C10H11Cl2NO2S/c1-2-15-13-10(14)6-16-9-5-7(11)3-4-8(9)12/h3-5H,2,6H2,1H3,(H,13,14). The predicted molar refractivity (Wildman–Crippen MR) is 67.0 cm³/mol. The Hall–Kier alpha value is -0.420. The summed E-state index contributed by atoms with van der Waals surface area (Å²) >= 11 is 13.1. The number of thioether (sulfide) groups is 1. The maximum Gasteiger partial charge on any atom is 0.253 e. The van der Waals surface area contributed by atoms with E-state index in [0.29, 0.717) is 16.7 Å². The summed E-state index contributed by atoms with van der Waals surface area (Å²) in [4.78, 5) is 16.8. The fraction of sp³-hybridized carbons (Fsp3) is 0.300. The highest BCUT2D eigenvalue weighted by atomic mass is 35.5. The van der Waals surface area contributed by atoms with Gasteiger partial charge in [0.15, 0.2) is 0 Å². The van der Waals surface area contributed by atoms with Crippen molar-refractivity contribution in [2.45, 2.75) is 11.8 Å². The van der Waals surface area contributed by atoms with Crippen LogP contribution in [0.4, 0.5) is 0 Å². The smallest absolute Gasteiger partial charge is 0.253 e. The second-order valence-electron chi connectivity index (χ2n) is 2.82. The Morgan fingerprint density at radius 3 is 2.94 bits per heavy atom. The van der Waals surface area contributed by atoms with E-state index >= 15 is 0 Å². The molecule has 6 heteroatoms. The third-order valence-corrected chi connectivity index (χ3v) is 3.31. The fourth-order valence-corrected chi connectivity index (χ4v) is 2.19. The largest absolute Gasteiger partial charge is 0.274 e. The van der Waals surface area contributed by atoms with Crippen molar-refractivity contribution < 1.29 is 9.63 Å². The Labute approximate surface area is 108 Å². The molecular weight excluding hydrogens is 269 g/mol. The van der Waals surface area contributed by atoms with Crippen molar-refractivity contribution in [2.75, 3.05) is 12.4 Å². The van der Waals surface area contributed by atoms with E-state index in [9.17, 15) is 4.79 Å². The summed E-state index contributed by atoms with van der Waals surface area (Å²) in [5, 5.41) is 1.18. The van der Waals surface area contributed by atoms with Gasteiger partial charge in [0.05, 0.1) is 17.4 Å². The molecule has 0 fully saturated rings. The Morgan fingerprint density at radius 2 is 2.25 bits per heavy atom. The lowest BCUT2D eigenvalue weighted by molar-refractivity contribution is -0.130. The molecule has 0 bridgehead atoms. The quantitative estimate of drug-likeness (QED) is 0.665. The molecule has 0 saturated heterocycles. The summed E-state index contributed by atoms with van der Waals surface area (Å²) in [5.74, 6) is 0.0305. The summed E-state index contributed by atoms with van der Waals surface area (Å²) in [6.07, 6.45) is 0. The molecule has 1 N–H and O–H groups in total. The molecule has 0 saturated carbocycles. The molecule has 0 aliphatic rings. The summed E-state index contributed by atoms with van der Waals surface area (Å²) in [7, 11) is 0. The number of hydrogen-bond donors (Lipinski definition) is 1. The molecule has 1 amide bonds. The molecule has 0 spiro atoms. The minimum absolute atomic E-state index is 0.206. The van der Waals surface area contributed by atoms with Gasteiger partial charge in [0.1, 0.15) is 0 Å². The van der Waals surface area contributed by atoms with E-state index in [1.54, 1.807) is 25.1 Å². The monoisotopic (exact) mass is 279 g/mol. The first-order valence-corrected chi connectivity index (χ1v) is 6.36. The number of carbonyl (C=O) groups excluding carboxylic acids is 1. The van der Waals surface area contributed by atoms with Gasteiger partial charge in [0.25, 0.3) is 5.91 Å². The lowest BCUT2D eigenvalue weighted by atomic mass is 10.4. The van der Waals surface area contributed by atoms with Crippen molar-refractivity contribution in [1.29, 1.82) is 0 Å². The van der Waals surface area contributed by atoms with E-state index in [-0.39, 0.29) is 11.7 Å². The van der Waals surface area contributed by atoms with E-state index in [0.717, 1.165) is 4.90 Å². The molecule has 0 aliphatic carbocycles. The molecule has 0 aromatic heterocycles. The van der Waals surface area contributed by atoms with E-state index in [2.05, 4.69) is 5.48 Å². The first-order chi connectivity index (χ1) is 7.63. The molecule has 3 nitrogen and oxygen atoms in total. The Balaban J connectivity index is 2.47. The van der Waals surface area contributed by atoms with E-state index < -0.39 is 0 Å². The first-order valence-electron chi connectivity index (χ1n) is 4.62. The van der Waals surface area contributed by atoms with Gasteiger partial charge < -0.3 is 0 Å². The van der Waals surface area contributed by atoms with Gasteiger partial charge in [-0.3, -0.25) is 9.63 Å². The highest BCUT2D eigenvalue weighted by Crippen LogP contribution is 2.29. The van der Waals surface area contributed by atoms with Crippen molar-refractivity contribution in [3.8, 4) is 0 Å². The van der Waals surface area contributed by atoms with Crippen LogP contribution in [0.25, 0.3) is 0 Å². The third kappa shape index (κ3) is 4.61. The van der Waals surface area contributed by atoms with Gasteiger partial charge >= 0.3 is 0 Å². The van der Waals surface area contributed by atoms with Crippen molar-refractivity contribution in [2.24, 2.45) is 0 Å². The lowest BCUT2D eigenvalue weighted by Crippen LogP contribution is -2.25. The molecular formula is C10H11Cl2NO2S. The zero-order valence-electron chi connectivity index (χ0n) is 8.63. The predicted octanol–water partition coefficient (Wildman–Crippen LogP) is 3.15. The van der Waals surface area contributed by atoms with Crippen LogP contribution in [-0.4, -0.2) is 18.3 Å². The Morgan fingerprint density at radius 1 is 1.50 bits per heavy atom. The minimum atomic E-state index is -0.206. The molecule has 16 heavy (non-hydrogen) atoms. The molecule has 88 valence electrons. The summed E-state index contributed by atoms with van der Waals surface area (Å²) < 4.78 is 0. The Kier molecular flexibility index (Phi) is 5.98. The van der Waals surface area contributed by atoms with Gasteiger partial charge in [-0.15, -0.1) is 11.8 Å². The van der Waals surface area contributed by atoms with E-state index in [1.165, 1.54) is 11.8 Å². The average Bonchev–Trinajstić information content (AvgIpc) is 2.27. The second-order valence-corrected chi connectivity index (χ2v) is 4.68. The van der Waals surface area contributed by atoms with Crippen molar-refractivity contribution in [1.82, 2.24) is 5.48 Å². The van der Waals surface area contributed by atoms with Gasteiger partial charge in [0, 0.05) is 9.92 Å². The zero-order chi connectivity index (χ0) is 12.0. The summed E-state index contributed by atoms with van der Waals surface area (Å²) in [6.45, 7) is 2.23. The highest BCUT2D eigenvalue weighted by molar-refractivity contribution is 8.00. The third-order valence-electron chi connectivity index (χ3n) is 1.58. The fourth-order valence-electron chi connectivity index (χ4n) is 0.913. The molecule has 1 rings (SSSR count). The number of carbonyl (C=O) groups is 1. The minimum Gasteiger partial charge on any atom is -0.274 e. The highest BCUT2D eigenvalue weighted by Gasteiger charge is 2.06. The molecule has 0 heterocycles. The number of halogens is 2. The van der Waals surface area contributed by atoms with Gasteiger partial charge in [-0.1, -0.05) is 23.2 Å².